The van der Waals surface area contributed by atoms with E-state index in [9.17, 15) is 4.79 Å². The molecule has 3 aromatic rings. The van der Waals surface area contributed by atoms with Crippen LogP contribution in [0.15, 0.2) is 48.5 Å². The van der Waals surface area contributed by atoms with Crippen molar-refractivity contribution in [2.24, 2.45) is 0 Å². The lowest BCUT2D eigenvalue weighted by atomic mass is 10.1. The lowest BCUT2D eigenvalue weighted by Crippen LogP contribution is -2.39. The maximum absolute atomic E-state index is 13.5. The van der Waals surface area contributed by atoms with Gasteiger partial charge in [0.15, 0.2) is 0 Å². The summed E-state index contributed by atoms with van der Waals surface area (Å²) in [4.78, 5) is 22.5. The van der Waals surface area contributed by atoms with Crippen LogP contribution < -0.4 is 9.64 Å². The molecule has 174 valence electrons. The molecule has 0 aliphatic carbocycles. The molecule has 0 saturated carbocycles. The number of aromatic nitrogens is 1. The number of hydrogen-bond acceptors (Lipinski definition) is 6. The summed E-state index contributed by atoms with van der Waals surface area (Å²) >= 11 is 6.22. The van der Waals surface area contributed by atoms with Crippen molar-refractivity contribution in [3.63, 3.8) is 0 Å². The average molecular weight is 470 g/mol. The molecule has 1 aliphatic heterocycles. The molecule has 1 fully saturated rings. The molecule has 8 heteroatoms. The first kappa shape index (κ1) is 23.3. The van der Waals surface area contributed by atoms with Crippen molar-refractivity contribution >= 4 is 34.2 Å². The molecule has 0 bridgehead atoms. The van der Waals surface area contributed by atoms with Crippen molar-refractivity contribution in [3.05, 3.63) is 64.7 Å². The lowest BCUT2D eigenvalue weighted by Gasteiger charge is -2.31. The van der Waals surface area contributed by atoms with Gasteiger partial charge in [-0.3, -0.25) is 4.79 Å². The van der Waals surface area contributed by atoms with Crippen molar-refractivity contribution in [2.75, 3.05) is 58.6 Å². The number of rotatable bonds is 8. The molecule has 1 aliphatic rings. The summed E-state index contributed by atoms with van der Waals surface area (Å²) in [5, 5.41) is 1.62. The van der Waals surface area contributed by atoms with Crippen LogP contribution in [0.5, 0.6) is 5.75 Å². The molecule has 1 saturated heterocycles. The highest BCUT2D eigenvalue weighted by Crippen LogP contribution is 2.28. The zero-order chi connectivity index (χ0) is 23.2. The van der Waals surface area contributed by atoms with Crippen LogP contribution >= 0.6 is 11.6 Å². The van der Waals surface area contributed by atoms with E-state index in [4.69, 9.17) is 30.8 Å². The SMILES string of the molecule is COCCN(Cc1cc2ccc(Cl)cc2nc1N1CCOCC1)C(=O)c1ccccc1OC. The normalized spacial score (nSPS) is 13.8. The molecule has 0 unspecified atom stereocenters. The van der Waals surface area contributed by atoms with Gasteiger partial charge >= 0.3 is 0 Å². The second kappa shape index (κ2) is 10.8. The van der Waals surface area contributed by atoms with Crippen LogP contribution in [0, 0.1) is 0 Å². The van der Waals surface area contributed by atoms with E-state index in [2.05, 4.69) is 11.0 Å². The van der Waals surface area contributed by atoms with Gasteiger partial charge in [0, 0.05) is 49.3 Å². The number of pyridine rings is 1. The maximum Gasteiger partial charge on any atom is 0.257 e. The van der Waals surface area contributed by atoms with Gasteiger partial charge in [-0.1, -0.05) is 29.8 Å². The largest absolute Gasteiger partial charge is 0.496 e. The van der Waals surface area contributed by atoms with Crippen LogP contribution in [0.4, 0.5) is 5.82 Å². The van der Waals surface area contributed by atoms with Gasteiger partial charge in [-0.2, -0.15) is 0 Å². The van der Waals surface area contributed by atoms with Crippen LogP contribution in [0.3, 0.4) is 0 Å². The third-order valence-corrected chi connectivity index (χ3v) is 5.93. The average Bonchev–Trinajstić information content (AvgIpc) is 2.86. The Labute approximate surface area is 198 Å². The van der Waals surface area contributed by atoms with Gasteiger partial charge in [-0.05, 0) is 30.3 Å². The fourth-order valence-electron chi connectivity index (χ4n) is 3.99. The first-order valence-corrected chi connectivity index (χ1v) is 11.3. The summed E-state index contributed by atoms with van der Waals surface area (Å²) < 4.78 is 16.3. The van der Waals surface area contributed by atoms with Gasteiger partial charge in [0.2, 0.25) is 0 Å². The molecule has 2 aromatic carbocycles. The minimum atomic E-state index is -0.117. The summed E-state index contributed by atoms with van der Waals surface area (Å²) in [5.74, 6) is 1.28. The monoisotopic (exact) mass is 469 g/mol. The topological polar surface area (TPSA) is 64.1 Å². The number of anilines is 1. The number of carbonyl (C=O) groups is 1. The molecule has 0 atom stereocenters. The standard InChI is InChI=1S/C25H28ClN3O4/c1-31-12-9-29(25(30)21-5-3-4-6-23(21)32-2)17-19-15-18-7-8-20(26)16-22(18)27-24(19)28-10-13-33-14-11-28/h3-8,15-16H,9-14,17H2,1-2H3. The highest BCUT2D eigenvalue weighted by molar-refractivity contribution is 6.31. The summed E-state index contributed by atoms with van der Waals surface area (Å²) in [6, 6.07) is 15.0. The van der Waals surface area contributed by atoms with E-state index in [0.29, 0.717) is 49.2 Å². The molecule has 1 amide bonds. The van der Waals surface area contributed by atoms with Gasteiger partial charge < -0.3 is 24.0 Å². The Morgan fingerprint density at radius 2 is 1.94 bits per heavy atom. The molecule has 0 radical (unpaired) electrons. The Morgan fingerprint density at radius 3 is 2.70 bits per heavy atom. The fourth-order valence-corrected chi connectivity index (χ4v) is 4.16. The zero-order valence-corrected chi connectivity index (χ0v) is 19.7. The Morgan fingerprint density at radius 1 is 1.15 bits per heavy atom. The highest BCUT2D eigenvalue weighted by Gasteiger charge is 2.24. The Balaban J connectivity index is 1.74. The predicted molar refractivity (Wildman–Crippen MR) is 129 cm³/mol. The van der Waals surface area contributed by atoms with Gasteiger partial charge in [0.25, 0.3) is 5.91 Å². The van der Waals surface area contributed by atoms with Gasteiger partial charge in [0.1, 0.15) is 11.6 Å². The molecular formula is C25H28ClN3O4. The quantitative estimate of drug-likeness (QED) is 0.496. The Bertz CT molecular complexity index is 1120. The first-order valence-electron chi connectivity index (χ1n) is 10.9. The number of fused-ring (bicyclic) bond motifs is 1. The third kappa shape index (κ3) is 5.38. The van der Waals surface area contributed by atoms with Gasteiger partial charge in [0.05, 0.1) is 38.0 Å². The van der Waals surface area contributed by atoms with Crippen molar-refractivity contribution in [1.29, 1.82) is 0 Å². The van der Waals surface area contributed by atoms with E-state index < -0.39 is 0 Å². The van der Waals surface area contributed by atoms with Crippen LogP contribution in [0.1, 0.15) is 15.9 Å². The number of methoxy groups -OCH3 is 2. The summed E-state index contributed by atoms with van der Waals surface area (Å²) in [7, 11) is 3.20. The second-order valence-corrected chi connectivity index (χ2v) is 8.26. The van der Waals surface area contributed by atoms with E-state index >= 15 is 0 Å². The molecule has 33 heavy (non-hydrogen) atoms. The number of hydrogen-bond donors (Lipinski definition) is 0. The van der Waals surface area contributed by atoms with E-state index in [1.54, 1.807) is 31.3 Å². The van der Waals surface area contributed by atoms with E-state index in [1.807, 2.05) is 30.3 Å². The van der Waals surface area contributed by atoms with Crippen LogP contribution in [-0.4, -0.2) is 69.5 Å². The maximum atomic E-state index is 13.5. The Kier molecular flexibility index (Phi) is 7.65. The number of amides is 1. The minimum absolute atomic E-state index is 0.117. The van der Waals surface area contributed by atoms with E-state index in [0.717, 1.165) is 35.4 Å². The fraction of sp³-hybridized carbons (Fsp3) is 0.360. The van der Waals surface area contributed by atoms with Crippen LogP contribution in [0.2, 0.25) is 5.02 Å². The molecule has 0 spiro atoms. The summed E-state index contributed by atoms with van der Waals surface area (Å²) in [5.41, 5.74) is 2.31. The second-order valence-electron chi connectivity index (χ2n) is 7.83. The van der Waals surface area contributed by atoms with Crippen molar-refractivity contribution in [1.82, 2.24) is 9.88 Å². The number of morpholine rings is 1. The number of halogens is 1. The molecule has 7 nitrogen and oxygen atoms in total. The number of benzene rings is 2. The van der Waals surface area contributed by atoms with Crippen molar-refractivity contribution < 1.29 is 19.0 Å². The summed E-state index contributed by atoms with van der Waals surface area (Å²) in [6.07, 6.45) is 0. The third-order valence-electron chi connectivity index (χ3n) is 5.70. The molecule has 0 N–H and O–H groups in total. The Hall–Kier alpha value is -2.87. The van der Waals surface area contributed by atoms with E-state index in [-0.39, 0.29) is 5.91 Å². The molecular weight excluding hydrogens is 442 g/mol. The minimum Gasteiger partial charge on any atom is -0.496 e. The molecule has 1 aromatic heterocycles. The number of para-hydroxylation sites is 1. The van der Waals surface area contributed by atoms with Crippen molar-refractivity contribution in [3.8, 4) is 5.75 Å². The lowest BCUT2D eigenvalue weighted by molar-refractivity contribution is 0.0677. The van der Waals surface area contributed by atoms with E-state index in [1.165, 1.54) is 0 Å². The van der Waals surface area contributed by atoms with Crippen LogP contribution in [-0.2, 0) is 16.0 Å². The highest BCUT2D eigenvalue weighted by atomic mass is 35.5. The molecule has 4 rings (SSSR count). The predicted octanol–water partition coefficient (Wildman–Crippen LogP) is 4.02. The first-order chi connectivity index (χ1) is 16.1. The molecule has 2 heterocycles. The van der Waals surface area contributed by atoms with Crippen LogP contribution in [0.25, 0.3) is 10.9 Å². The zero-order valence-electron chi connectivity index (χ0n) is 18.9. The number of ether oxygens (including phenoxy) is 3. The van der Waals surface area contributed by atoms with Gasteiger partial charge in [-0.25, -0.2) is 4.98 Å². The number of carbonyl (C=O) groups excluding carboxylic acids is 1. The number of nitrogens with zero attached hydrogens (tertiary/aromatic N) is 3. The van der Waals surface area contributed by atoms with Crippen molar-refractivity contribution in [2.45, 2.75) is 6.54 Å². The summed E-state index contributed by atoms with van der Waals surface area (Å²) in [6.45, 7) is 4.01. The van der Waals surface area contributed by atoms with Gasteiger partial charge in [-0.15, -0.1) is 0 Å². The smallest absolute Gasteiger partial charge is 0.257 e.